The lowest BCUT2D eigenvalue weighted by Crippen LogP contribution is -2.58. The summed E-state index contributed by atoms with van der Waals surface area (Å²) in [6, 6.07) is 9.38. The van der Waals surface area contributed by atoms with Crippen molar-refractivity contribution in [2.24, 2.45) is 16.7 Å². The van der Waals surface area contributed by atoms with E-state index in [0.717, 1.165) is 0 Å². The fourth-order valence-electron chi connectivity index (χ4n) is 3.87. The lowest BCUT2D eigenvalue weighted by Gasteiger charge is -2.48. The lowest BCUT2D eigenvalue weighted by atomic mass is 9.54. The van der Waals surface area contributed by atoms with Crippen LogP contribution < -0.4 is 0 Å². The van der Waals surface area contributed by atoms with Gasteiger partial charge in [-0.25, -0.2) is 0 Å². The molecule has 24 heavy (non-hydrogen) atoms. The largest absolute Gasteiger partial charge is 0.447 e. The molecule has 7 nitrogen and oxygen atoms in total. The van der Waals surface area contributed by atoms with E-state index in [0.29, 0.717) is 12.0 Å². The monoisotopic (exact) mass is 321 g/mol. The molecule has 0 aliphatic carbocycles. The van der Waals surface area contributed by atoms with Gasteiger partial charge in [-0.1, -0.05) is 19.9 Å². The second kappa shape index (κ2) is 5.03. The molecule has 4 atom stereocenters. The zero-order valence-electron chi connectivity index (χ0n) is 13.3. The van der Waals surface area contributed by atoms with E-state index in [1.807, 2.05) is 19.1 Å². The number of ether oxygens (including phenoxy) is 2. The molecule has 2 aliphatic rings. The Bertz CT molecular complexity index is 804. The maximum atomic E-state index is 9.94. The van der Waals surface area contributed by atoms with E-state index in [1.165, 1.54) is 6.20 Å². The molecule has 2 bridgehead atoms. The van der Waals surface area contributed by atoms with Crippen molar-refractivity contribution in [1.29, 1.82) is 21.2 Å². The van der Waals surface area contributed by atoms with Gasteiger partial charge in [-0.3, -0.25) is 10.4 Å². The van der Waals surface area contributed by atoms with Crippen molar-refractivity contribution in [1.82, 2.24) is 4.98 Å². The van der Waals surface area contributed by atoms with Crippen LogP contribution in [0.3, 0.4) is 0 Å². The molecule has 2 saturated heterocycles. The fourth-order valence-corrected chi connectivity index (χ4v) is 3.87. The van der Waals surface area contributed by atoms with Crippen LogP contribution in [0.2, 0.25) is 0 Å². The minimum Gasteiger partial charge on any atom is -0.447 e. The predicted octanol–water partition coefficient (Wildman–Crippen LogP) is 2.45. The van der Waals surface area contributed by atoms with Gasteiger partial charge in [-0.15, -0.1) is 0 Å². The number of hydrogen-bond donors (Lipinski definition) is 1. The molecule has 0 aromatic carbocycles. The number of rotatable bonds is 2. The van der Waals surface area contributed by atoms with Gasteiger partial charge in [-0.05, 0) is 6.07 Å². The molecule has 0 radical (unpaired) electrons. The first kappa shape index (κ1) is 15.9. The van der Waals surface area contributed by atoms with E-state index in [2.05, 4.69) is 11.1 Å². The summed E-state index contributed by atoms with van der Waals surface area (Å²) in [6.45, 7) is 3.51. The van der Waals surface area contributed by atoms with Crippen molar-refractivity contribution >= 4 is 5.90 Å². The van der Waals surface area contributed by atoms with E-state index in [1.54, 1.807) is 25.3 Å². The van der Waals surface area contributed by atoms with E-state index in [4.69, 9.17) is 14.9 Å². The normalized spacial score (nSPS) is 36.0. The Labute approximate surface area is 139 Å². The number of nitrogens with one attached hydrogen (secondary N) is 1. The summed E-state index contributed by atoms with van der Waals surface area (Å²) in [7, 11) is 0. The molecule has 3 rings (SSSR count). The van der Waals surface area contributed by atoms with Crippen molar-refractivity contribution < 1.29 is 9.47 Å². The average Bonchev–Trinajstić information content (AvgIpc) is 2.78. The molecule has 0 saturated carbocycles. The SMILES string of the molecule is CC[C@]12OC(=N)[C@](C#N)([C@H]1C)C(C#N)(C#N)[C@H](c1cccnc1)O2. The van der Waals surface area contributed by atoms with Gasteiger partial charge in [0.05, 0.1) is 24.1 Å². The number of aromatic nitrogens is 1. The molecule has 7 heteroatoms. The standard InChI is InChI=1S/C17H15N5O2/c1-3-17-11(2)16(10-20,14(21)24-17)15(8-18,9-19)13(23-17)12-5-4-6-22-7-12/h4-7,11,13,21H,3H2,1-2H3/t11-,13+,16+,17+/m1/s1. The zero-order valence-corrected chi connectivity index (χ0v) is 13.3. The van der Waals surface area contributed by atoms with Crippen molar-refractivity contribution in [3.8, 4) is 18.2 Å². The van der Waals surface area contributed by atoms with Gasteiger partial charge < -0.3 is 9.47 Å². The first-order valence-electron chi connectivity index (χ1n) is 7.57. The number of nitriles is 3. The van der Waals surface area contributed by atoms with Gasteiger partial charge in [0.25, 0.3) is 0 Å². The quantitative estimate of drug-likeness (QED) is 0.891. The predicted molar refractivity (Wildman–Crippen MR) is 80.8 cm³/mol. The van der Waals surface area contributed by atoms with Crippen LogP contribution in [-0.4, -0.2) is 16.7 Å². The fraction of sp³-hybridized carbons (Fsp3) is 0.471. The summed E-state index contributed by atoms with van der Waals surface area (Å²) in [6.07, 6.45) is 2.41. The van der Waals surface area contributed by atoms with E-state index >= 15 is 0 Å². The second-order valence-electron chi connectivity index (χ2n) is 6.05. The highest BCUT2D eigenvalue weighted by Crippen LogP contribution is 2.66. The van der Waals surface area contributed by atoms with Crippen molar-refractivity contribution in [2.75, 3.05) is 0 Å². The Morgan fingerprint density at radius 2 is 2.00 bits per heavy atom. The van der Waals surface area contributed by atoms with E-state index in [-0.39, 0.29) is 5.90 Å². The molecule has 1 aromatic rings. The average molecular weight is 321 g/mol. The second-order valence-corrected chi connectivity index (χ2v) is 6.05. The summed E-state index contributed by atoms with van der Waals surface area (Å²) >= 11 is 0. The smallest absolute Gasteiger partial charge is 0.217 e. The van der Waals surface area contributed by atoms with Crippen molar-refractivity contribution in [3.63, 3.8) is 0 Å². The molecule has 0 unspecified atom stereocenters. The Morgan fingerprint density at radius 1 is 1.29 bits per heavy atom. The first-order valence-corrected chi connectivity index (χ1v) is 7.57. The number of hydrogen-bond acceptors (Lipinski definition) is 7. The summed E-state index contributed by atoms with van der Waals surface area (Å²) in [5.74, 6) is -2.24. The molecule has 1 N–H and O–H groups in total. The van der Waals surface area contributed by atoms with Crippen molar-refractivity contribution in [3.05, 3.63) is 30.1 Å². The van der Waals surface area contributed by atoms with Gasteiger partial charge in [-0.2, -0.15) is 15.8 Å². The number of pyridine rings is 1. The molecule has 2 aliphatic heterocycles. The Balaban J connectivity index is 2.34. The Kier molecular flexibility index (Phi) is 3.34. The molecule has 3 heterocycles. The third-order valence-electron chi connectivity index (χ3n) is 5.28. The van der Waals surface area contributed by atoms with Crippen LogP contribution in [0.1, 0.15) is 31.9 Å². The molecular formula is C17H15N5O2. The molecular weight excluding hydrogens is 306 g/mol. The third kappa shape index (κ3) is 1.51. The molecule has 0 spiro atoms. The van der Waals surface area contributed by atoms with Crippen LogP contribution >= 0.6 is 0 Å². The van der Waals surface area contributed by atoms with E-state index in [9.17, 15) is 15.8 Å². The minimum absolute atomic E-state index is 0.379. The van der Waals surface area contributed by atoms with Gasteiger partial charge in [0, 0.05) is 24.4 Å². The summed E-state index contributed by atoms with van der Waals surface area (Å²) < 4.78 is 11.8. The van der Waals surface area contributed by atoms with Crippen LogP contribution in [-0.2, 0) is 9.47 Å². The topological polar surface area (TPSA) is 127 Å². The van der Waals surface area contributed by atoms with Crippen LogP contribution in [0.25, 0.3) is 0 Å². The summed E-state index contributed by atoms with van der Waals surface area (Å²) in [5.41, 5.74) is -3.11. The van der Waals surface area contributed by atoms with Crippen LogP contribution in [0.15, 0.2) is 24.5 Å². The van der Waals surface area contributed by atoms with Crippen molar-refractivity contribution in [2.45, 2.75) is 32.2 Å². The van der Waals surface area contributed by atoms with Gasteiger partial charge in [0.15, 0.2) is 5.41 Å². The number of nitrogens with zero attached hydrogens (tertiary/aromatic N) is 4. The molecule has 120 valence electrons. The highest BCUT2D eigenvalue weighted by atomic mass is 16.7. The molecule has 0 amide bonds. The lowest BCUT2D eigenvalue weighted by molar-refractivity contribution is -0.280. The Morgan fingerprint density at radius 3 is 2.50 bits per heavy atom. The van der Waals surface area contributed by atoms with E-state index < -0.39 is 28.6 Å². The maximum Gasteiger partial charge on any atom is 0.217 e. The summed E-state index contributed by atoms with van der Waals surface area (Å²) in [5, 5.41) is 38.0. The molecule has 2 fully saturated rings. The minimum atomic E-state index is -1.91. The summed E-state index contributed by atoms with van der Waals surface area (Å²) in [4.78, 5) is 4.02. The highest BCUT2D eigenvalue weighted by Gasteiger charge is 2.78. The first-order chi connectivity index (χ1) is 11.5. The maximum absolute atomic E-state index is 9.94. The van der Waals surface area contributed by atoms with Crippen LogP contribution in [0.4, 0.5) is 0 Å². The van der Waals surface area contributed by atoms with Gasteiger partial charge >= 0.3 is 0 Å². The van der Waals surface area contributed by atoms with Gasteiger partial charge in [0.2, 0.25) is 17.1 Å². The van der Waals surface area contributed by atoms with Crippen LogP contribution in [0.5, 0.6) is 0 Å². The Hall–Kier alpha value is -2.95. The van der Waals surface area contributed by atoms with Crippen LogP contribution in [0, 0.1) is 56.2 Å². The number of fused-ring (bicyclic) bond motifs is 2. The highest BCUT2D eigenvalue weighted by molar-refractivity contribution is 5.89. The third-order valence-corrected chi connectivity index (χ3v) is 5.28. The zero-order chi connectivity index (χ0) is 17.6. The van der Waals surface area contributed by atoms with Gasteiger partial charge in [0.1, 0.15) is 6.10 Å². The molecule has 1 aromatic heterocycles.